The number of anilines is 1. The smallest absolute Gasteiger partial charge is 0.198 e. The molecule has 96 valence electrons. The lowest BCUT2D eigenvalue weighted by Crippen LogP contribution is -2.08. The number of ether oxygens (including phenoxy) is 1. The minimum atomic E-state index is 0.451. The van der Waals surface area contributed by atoms with E-state index in [9.17, 15) is 0 Å². The second kappa shape index (κ2) is 6.14. The first kappa shape index (κ1) is 13.3. The molecule has 0 amide bonds. The molecule has 2 heterocycles. The Morgan fingerprint density at radius 2 is 2.28 bits per heavy atom. The first-order valence-corrected chi connectivity index (χ1v) is 6.67. The SMILES string of the molecule is CCNc1nc(-c2ccco2)nc(COC)c1I. The largest absolute Gasteiger partial charge is 0.461 e. The van der Waals surface area contributed by atoms with Gasteiger partial charge in [0, 0.05) is 13.7 Å². The number of nitrogens with zero attached hydrogens (tertiary/aromatic N) is 2. The van der Waals surface area contributed by atoms with Gasteiger partial charge in [0.25, 0.3) is 0 Å². The Morgan fingerprint density at radius 1 is 1.44 bits per heavy atom. The van der Waals surface area contributed by atoms with E-state index in [-0.39, 0.29) is 0 Å². The maximum atomic E-state index is 5.33. The molecule has 0 saturated carbocycles. The van der Waals surface area contributed by atoms with Gasteiger partial charge in [0.2, 0.25) is 0 Å². The molecule has 0 spiro atoms. The van der Waals surface area contributed by atoms with Gasteiger partial charge in [-0.25, -0.2) is 9.97 Å². The van der Waals surface area contributed by atoms with Gasteiger partial charge in [0.15, 0.2) is 11.6 Å². The molecule has 0 aliphatic rings. The Labute approximate surface area is 119 Å². The molecule has 0 atom stereocenters. The molecule has 2 aromatic heterocycles. The predicted octanol–water partition coefficient (Wildman–Crippen LogP) is 2.92. The molecule has 18 heavy (non-hydrogen) atoms. The van der Waals surface area contributed by atoms with Crippen molar-refractivity contribution in [1.29, 1.82) is 0 Å². The summed E-state index contributed by atoms with van der Waals surface area (Å²) in [6.45, 7) is 3.28. The van der Waals surface area contributed by atoms with Crippen molar-refractivity contribution in [2.75, 3.05) is 19.0 Å². The maximum Gasteiger partial charge on any atom is 0.198 e. The van der Waals surface area contributed by atoms with Gasteiger partial charge in [-0.3, -0.25) is 0 Å². The van der Waals surface area contributed by atoms with Crippen molar-refractivity contribution >= 4 is 28.4 Å². The highest BCUT2D eigenvalue weighted by molar-refractivity contribution is 14.1. The highest BCUT2D eigenvalue weighted by Crippen LogP contribution is 2.24. The average Bonchev–Trinajstić information content (AvgIpc) is 2.88. The molecule has 0 saturated heterocycles. The highest BCUT2D eigenvalue weighted by atomic mass is 127. The molecular weight excluding hydrogens is 345 g/mol. The van der Waals surface area contributed by atoms with Gasteiger partial charge in [-0.1, -0.05) is 0 Å². The van der Waals surface area contributed by atoms with E-state index in [0.29, 0.717) is 18.2 Å². The standard InChI is InChI=1S/C12H14IN3O2/c1-3-14-12-10(13)8(7-17-2)15-11(16-12)9-5-4-6-18-9/h4-6H,3,7H2,1-2H3,(H,14,15,16). The number of hydrogen-bond donors (Lipinski definition) is 1. The van der Waals surface area contributed by atoms with E-state index in [1.165, 1.54) is 0 Å². The van der Waals surface area contributed by atoms with Crippen LogP contribution >= 0.6 is 22.6 Å². The predicted molar refractivity (Wildman–Crippen MR) is 77.3 cm³/mol. The quantitative estimate of drug-likeness (QED) is 0.832. The van der Waals surface area contributed by atoms with E-state index in [1.54, 1.807) is 13.4 Å². The van der Waals surface area contributed by atoms with Gasteiger partial charge in [-0.15, -0.1) is 0 Å². The van der Waals surface area contributed by atoms with E-state index in [2.05, 4.69) is 37.9 Å². The third kappa shape index (κ3) is 2.81. The van der Waals surface area contributed by atoms with Crippen LogP contribution in [0.4, 0.5) is 5.82 Å². The topological polar surface area (TPSA) is 60.2 Å². The molecule has 0 fully saturated rings. The number of rotatable bonds is 5. The summed E-state index contributed by atoms with van der Waals surface area (Å²) in [7, 11) is 1.65. The summed E-state index contributed by atoms with van der Waals surface area (Å²) in [4.78, 5) is 8.94. The van der Waals surface area contributed by atoms with Crippen molar-refractivity contribution < 1.29 is 9.15 Å². The van der Waals surface area contributed by atoms with Crippen LogP contribution in [0.5, 0.6) is 0 Å². The normalized spacial score (nSPS) is 10.6. The van der Waals surface area contributed by atoms with Gasteiger partial charge < -0.3 is 14.5 Å². The molecule has 0 aliphatic heterocycles. The van der Waals surface area contributed by atoms with Crippen molar-refractivity contribution in [3.05, 3.63) is 27.7 Å². The Hall–Kier alpha value is -1.15. The molecule has 2 aromatic rings. The van der Waals surface area contributed by atoms with Gasteiger partial charge in [-0.2, -0.15) is 0 Å². The molecular formula is C12H14IN3O2. The van der Waals surface area contributed by atoms with Crippen LogP contribution in [0, 0.1) is 3.57 Å². The van der Waals surface area contributed by atoms with Crippen LogP contribution in [-0.2, 0) is 11.3 Å². The summed E-state index contributed by atoms with van der Waals surface area (Å²) in [6, 6.07) is 3.66. The van der Waals surface area contributed by atoms with Crippen LogP contribution in [-0.4, -0.2) is 23.6 Å². The number of furan rings is 1. The van der Waals surface area contributed by atoms with Crippen LogP contribution in [0.3, 0.4) is 0 Å². The molecule has 6 heteroatoms. The third-order valence-corrected chi connectivity index (χ3v) is 3.42. The van der Waals surface area contributed by atoms with Gasteiger partial charge >= 0.3 is 0 Å². The first-order chi connectivity index (χ1) is 8.76. The molecule has 0 aliphatic carbocycles. The third-order valence-electron chi connectivity index (χ3n) is 2.29. The minimum absolute atomic E-state index is 0.451. The summed E-state index contributed by atoms with van der Waals surface area (Å²) >= 11 is 2.22. The van der Waals surface area contributed by atoms with Gasteiger partial charge in [0.05, 0.1) is 22.1 Å². The maximum absolute atomic E-state index is 5.33. The number of halogens is 1. The molecule has 0 unspecified atom stereocenters. The monoisotopic (exact) mass is 359 g/mol. The second-order valence-corrected chi connectivity index (χ2v) is 4.68. The molecule has 2 rings (SSSR count). The van der Waals surface area contributed by atoms with E-state index < -0.39 is 0 Å². The van der Waals surface area contributed by atoms with E-state index in [1.807, 2.05) is 19.1 Å². The van der Waals surface area contributed by atoms with Crippen LogP contribution in [0.2, 0.25) is 0 Å². The molecule has 0 bridgehead atoms. The van der Waals surface area contributed by atoms with Crippen molar-refractivity contribution in [2.24, 2.45) is 0 Å². The zero-order chi connectivity index (χ0) is 13.0. The molecule has 0 aromatic carbocycles. The zero-order valence-electron chi connectivity index (χ0n) is 10.2. The minimum Gasteiger partial charge on any atom is -0.461 e. The van der Waals surface area contributed by atoms with Gasteiger partial charge in [-0.05, 0) is 41.6 Å². The lowest BCUT2D eigenvalue weighted by molar-refractivity contribution is 0.181. The zero-order valence-corrected chi connectivity index (χ0v) is 12.4. The Bertz CT molecular complexity index is 487. The second-order valence-electron chi connectivity index (χ2n) is 3.60. The summed E-state index contributed by atoms with van der Waals surface area (Å²) in [6.07, 6.45) is 1.61. The van der Waals surface area contributed by atoms with Crippen molar-refractivity contribution in [3.63, 3.8) is 0 Å². The van der Waals surface area contributed by atoms with E-state index in [0.717, 1.165) is 21.6 Å². The van der Waals surface area contributed by atoms with Crippen molar-refractivity contribution in [3.8, 4) is 11.6 Å². The fourth-order valence-electron chi connectivity index (χ4n) is 1.53. The average molecular weight is 359 g/mol. The Kier molecular flexibility index (Phi) is 4.54. The summed E-state index contributed by atoms with van der Waals surface area (Å²) < 4.78 is 11.5. The van der Waals surface area contributed by atoms with Gasteiger partial charge in [0.1, 0.15) is 5.82 Å². The number of aromatic nitrogens is 2. The van der Waals surface area contributed by atoms with Crippen LogP contribution in [0.15, 0.2) is 22.8 Å². The fraction of sp³-hybridized carbons (Fsp3) is 0.333. The van der Waals surface area contributed by atoms with Crippen molar-refractivity contribution in [1.82, 2.24) is 9.97 Å². The van der Waals surface area contributed by atoms with Crippen molar-refractivity contribution in [2.45, 2.75) is 13.5 Å². The number of nitrogens with one attached hydrogen (secondary N) is 1. The fourth-order valence-corrected chi connectivity index (χ4v) is 2.11. The molecule has 1 N–H and O–H groups in total. The van der Waals surface area contributed by atoms with Crippen LogP contribution in [0.1, 0.15) is 12.6 Å². The Morgan fingerprint density at radius 3 is 2.89 bits per heavy atom. The molecule has 0 radical (unpaired) electrons. The Balaban J connectivity index is 2.47. The summed E-state index contributed by atoms with van der Waals surface area (Å²) in [5, 5.41) is 3.22. The van der Waals surface area contributed by atoms with E-state index in [4.69, 9.17) is 9.15 Å². The number of hydrogen-bond acceptors (Lipinski definition) is 5. The first-order valence-electron chi connectivity index (χ1n) is 5.59. The molecule has 5 nitrogen and oxygen atoms in total. The van der Waals surface area contributed by atoms with Crippen LogP contribution in [0.25, 0.3) is 11.6 Å². The lowest BCUT2D eigenvalue weighted by Gasteiger charge is -2.10. The number of methoxy groups -OCH3 is 1. The highest BCUT2D eigenvalue weighted by Gasteiger charge is 2.14. The summed E-state index contributed by atoms with van der Waals surface area (Å²) in [5.41, 5.74) is 0.857. The summed E-state index contributed by atoms with van der Waals surface area (Å²) in [5.74, 6) is 2.04. The lowest BCUT2D eigenvalue weighted by atomic mass is 10.3. The van der Waals surface area contributed by atoms with Crippen LogP contribution < -0.4 is 5.32 Å². The van der Waals surface area contributed by atoms with E-state index >= 15 is 0 Å².